The summed E-state index contributed by atoms with van der Waals surface area (Å²) < 4.78 is 51.7. The van der Waals surface area contributed by atoms with E-state index in [0.29, 0.717) is 23.6 Å². The Kier molecular flexibility index (Phi) is 6.77. The second-order valence-electron chi connectivity index (χ2n) is 7.11. The Morgan fingerprint density at radius 1 is 1.10 bits per heavy atom. The molecule has 0 radical (unpaired) electrons. The molecule has 166 valence electrons. The van der Waals surface area contributed by atoms with Crippen molar-refractivity contribution in [3.05, 3.63) is 65.4 Å². The van der Waals surface area contributed by atoms with Gasteiger partial charge in [0.2, 0.25) is 0 Å². The molecule has 1 aliphatic heterocycles. The molecule has 5 nitrogen and oxygen atoms in total. The first-order valence-corrected chi connectivity index (χ1v) is 9.93. The lowest BCUT2D eigenvalue weighted by atomic mass is 9.98. The van der Waals surface area contributed by atoms with E-state index in [1.165, 1.54) is 20.4 Å². The number of carbonyl (C=O) groups is 1. The maximum absolute atomic E-state index is 13.8. The number of hydrogen-bond acceptors (Lipinski definition) is 4. The van der Waals surface area contributed by atoms with Gasteiger partial charge in [0, 0.05) is 37.0 Å². The molecular weight excluding hydrogens is 409 g/mol. The van der Waals surface area contributed by atoms with Gasteiger partial charge in [0.25, 0.3) is 5.91 Å². The van der Waals surface area contributed by atoms with Gasteiger partial charge in [0.15, 0.2) is 11.5 Å². The Hall–Kier alpha value is -3.16. The molecule has 0 saturated carbocycles. The van der Waals surface area contributed by atoms with Crippen molar-refractivity contribution >= 4 is 11.6 Å². The van der Waals surface area contributed by atoms with Crippen molar-refractivity contribution < 1.29 is 27.4 Å². The highest BCUT2D eigenvalue weighted by atomic mass is 19.4. The molecule has 1 aliphatic rings. The number of benzene rings is 2. The van der Waals surface area contributed by atoms with Gasteiger partial charge in [-0.05, 0) is 42.7 Å². The largest absolute Gasteiger partial charge is 0.493 e. The number of ether oxygens (including phenoxy) is 2. The van der Waals surface area contributed by atoms with Gasteiger partial charge in [-0.1, -0.05) is 24.3 Å². The fourth-order valence-electron chi connectivity index (χ4n) is 3.64. The van der Waals surface area contributed by atoms with Crippen molar-refractivity contribution in [1.82, 2.24) is 4.90 Å². The Morgan fingerprint density at radius 2 is 1.81 bits per heavy atom. The summed E-state index contributed by atoms with van der Waals surface area (Å²) in [6.07, 6.45) is -3.08. The Balaban J connectivity index is 1.82. The molecule has 0 N–H and O–H groups in total. The van der Waals surface area contributed by atoms with E-state index in [0.717, 1.165) is 11.3 Å². The zero-order valence-electron chi connectivity index (χ0n) is 17.7. The van der Waals surface area contributed by atoms with Gasteiger partial charge in [-0.3, -0.25) is 4.79 Å². The number of fused-ring (bicyclic) bond motifs is 1. The molecule has 2 aromatic carbocycles. The Labute approximate surface area is 179 Å². The third-order valence-corrected chi connectivity index (χ3v) is 5.23. The van der Waals surface area contributed by atoms with Crippen LogP contribution in [0.5, 0.6) is 11.5 Å². The van der Waals surface area contributed by atoms with Crippen LogP contribution in [0.25, 0.3) is 0 Å². The molecule has 0 atom stereocenters. The van der Waals surface area contributed by atoms with E-state index < -0.39 is 18.8 Å². The van der Waals surface area contributed by atoms with Crippen molar-refractivity contribution in [2.24, 2.45) is 0 Å². The molecule has 0 unspecified atom stereocenters. The highest BCUT2D eigenvalue weighted by Crippen LogP contribution is 2.32. The van der Waals surface area contributed by atoms with Crippen LogP contribution < -0.4 is 14.4 Å². The molecule has 1 heterocycles. The fraction of sp³-hybridized carbons (Fsp3) is 0.348. The van der Waals surface area contributed by atoms with Crippen LogP contribution >= 0.6 is 0 Å². The molecule has 0 fully saturated rings. The quantitative estimate of drug-likeness (QED) is 0.599. The van der Waals surface area contributed by atoms with Crippen LogP contribution in [-0.4, -0.2) is 44.4 Å². The maximum atomic E-state index is 13.8. The van der Waals surface area contributed by atoms with E-state index in [9.17, 15) is 18.0 Å². The highest BCUT2D eigenvalue weighted by molar-refractivity contribution is 5.95. The van der Waals surface area contributed by atoms with Crippen LogP contribution in [-0.2, 0) is 17.6 Å². The molecule has 0 saturated heterocycles. The van der Waals surface area contributed by atoms with Crippen LogP contribution in [0, 0.1) is 0 Å². The average Bonchev–Trinajstić information content (AvgIpc) is 2.77. The Morgan fingerprint density at radius 3 is 2.45 bits per heavy atom. The standard InChI is InChI=1S/C23H25F3N2O3/c1-4-27-15-18(14-17-7-5-6-8-19(17)27)22(29)28(23(24,25)26)12-11-16-9-10-20(30-2)21(13-16)31-3/h5-10,13,15H,4,11-12,14H2,1-3H3. The number of carbonyl (C=O) groups excluding carboxylic acids is 1. The normalized spacial score (nSPS) is 13.4. The van der Waals surface area contributed by atoms with E-state index in [-0.39, 0.29) is 23.3 Å². The summed E-state index contributed by atoms with van der Waals surface area (Å²) in [6.45, 7) is 1.94. The van der Waals surface area contributed by atoms with Gasteiger partial charge in [0.1, 0.15) is 0 Å². The number of amides is 1. The van der Waals surface area contributed by atoms with E-state index >= 15 is 0 Å². The van der Waals surface area contributed by atoms with Crippen molar-refractivity contribution in [1.29, 1.82) is 0 Å². The van der Waals surface area contributed by atoms with Crippen molar-refractivity contribution in [3.8, 4) is 11.5 Å². The van der Waals surface area contributed by atoms with Crippen LogP contribution in [0.15, 0.2) is 54.2 Å². The predicted molar refractivity (Wildman–Crippen MR) is 112 cm³/mol. The zero-order valence-corrected chi connectivity index (χ0v) is 17.7. The van der Waals surface area contributed by atoms with Gasteiger partial charge < -0.3 is 14.4 Å². The van der Waals surface area contributed by atoms with Crippen LogP contribution in [0.2, 0.25) is 0 Å². The second-order valence-corrected chi connectivity index (χ2v) is 7.11. The molecule has 1 amide bonds. The topological polar surface area (TPSA) is 42.0 Å². The van der Waals surface area contributed by atoms with E-state index in [1.54, 1.807) is 23.1 Å². The van der Waals surface area contributed by atoms with Gasteiger partial charge >= 0.3 is 6.30 Å². The van der Waals surface area contributed by atoms with Gasteiger partial charge in [-0.25, -0.2) is 4.90 Å². The number of para-hydroxylation sites is 1. The lowest BCUT2D eigenvalue weighted by Gasteiger charge is -2.31. The second kappa shape index (κ2) is 9.32. The molecular formula is C23H25F3N2O3. The van der Waals surface area contributed by atoms with E-state index in [1.807, 2.05) is 31.2 Å². The highest BCUT2D eigenvalue weighted by Gasteiger charge is 2.42. The third kappa shape index (κ3) is 4.95. The summed E-state index contributed by atoms with van der Waals surface area (Å²) >= 11 is 0. The molecule has 0 spiro atoms. The third-order valence-electron chi connectivity index (χ3n) is 5.23. The molecule has 0 aromatic heterocycles. The van der Waals surface area contributed by atoms with E-state index in [2.05, 4.69) is 0 Å². The maximum Gasteiger partial charge on any atom is 0.487 e. The molecule has 2 aromatic rings. The zero-order chi connectivity index (χ0) is 22.6. The first-order chi connectivity index (χ1) is 14.8. The minimum atomic E-state index is -4.79. The average molecular weight is 434 g/mol. The minimum Gasteiger partial charge on any atom is -0.493 e. The summed E-state index contributed by atoms with van der Waals surface area (Å²) in [6, 6.07) is 12.3. The number of anilines is 1. The van der Waals surface area contributed by atoms with Crippen molar-refractivity contribution in [2.45, 2.75) is 26.1 Å². The van der Waals surface area contributed by atoms with Gasteiger partial charge in [-0.15, -0.1) is 13.2 Å². The lowest BCUT2D eigenvalue weighted by molar-refractivity contribution is -0.238. The van der Waals surface area contributed by atoms with Crippen LogP contribution in [0.4, 0.5) is 18.9 Å². The summed E-state index contributed by atoms with van der Waals surface area (Å²) in [5.74, 6) is -0.114. The minimum absolute atomic E-state index is 0.0166. The first kappa shape index (κ1) is 22.5. The number of alkyl halides is 3. The monoisotopic (exact) mass is 434 g/mol. The van der Waals surface area contributed by atoms with Crippen LogP contribution in [0.1, 0.15) is 18.1 Å². The summed E-state index contributed by atoms with van der Waals surface area (Å²) in [5, 5.41) is 0. The molecule has 0 bridgehead atoms. The predicted octanol–water partition coefficient (Wildman–Crippen LogP) is 4.56. The number of halogens is 3. The van der Waals surface area contributed by atoms with Crippen molar-refractivity contribution in [3.63, 3.8) is 0 Å². The summed E-state index contributed by atoms with van der Waals surface area (Å²) in [4.78, 5) is 14.7. The fourth-order valence-corrected chi connectivity index (χ4v) is 3.64. The summed E-state index contributed by atoms with van der Waals surface area (Å²) in [5.41, 5.74) is 2.46. The number of nitrogens with zero attached hydrogens (tertiary/aromatic N) is 2. The molecule has 3 rings (SSSR count). The van der Waals surface area contributed by atoms with Crippen molar-refractivity contribution in [2.75, 3.05) is 32.2 Å². The number of methoxy groups -OCH3 is 2. The number of rotatable bonds is 7. The van der Waals surface area contributed by atoms with Gasteiger partial charge in [-0.2, -0.15) is 0 Å². The summed E-state index contributed by atoms with van der Waals surface area (Å²) in [7, 11) is 2.94. The number of hydrogen-bond donors (Lipinski definition) is 0. The van der Waals surface area contributed by atoms with Crippen LogP contribution in [0.3, 0.4) is 0 Å². The molecule has 0 aliphatic carbocycles. The first-order valence-electron chi connectivity index (χ1n) is 9.93. The smallest absolute Gasteiger partial charge is 0.487 e. The molecule has 8 heteroatoms. The SMILES string of the molecule is CCN1C=C(C(=O)N(CCc2ccc(OC)c(OC)c2)C(F)(F)F)Cc2ccccc21. The van der Waals surface area contributed by atoms with E-state index in [4.69, 9.17) is 9.47 Å². The Bertz CT molecular complexity index is 973. The molecule has 31 heavy (non-hydrogen) atoms. The van der Waals surface area contributed by atoms with Gasteiger partial charge in [0.05, 0.1) is 14.2 Å². The lowest BCUT2D eigenvalue weighted by Crippen LogP contribution is -2.45.